The maximum absolute atomic E-state index is 10.9. The number of ether oxygens (including phenoxy) is 2. The molecular formula is C28H33NO4. The predicted octanol–water partition coefficient (Wildman–Crippen LogP) is 5.85. The number of aromatic nitrogens is 1. The van der Waals surface area contributed by atoms with E-state index in [0.29, 0.717) is 24.5 Å². The molecule has 1 atom stereocenters. The topological polar surface area (TPSA) is 71.8 Å². The second-order valence-electron chi connectivity index (χ2n) is 8.71. The van der Waals surface area contributed by atoms with Crippen molar-refractivity contribution in [3.8, 4) is 28.5 Å². The van der Waals surface area contributed by atoms with Crippen molar-refractivity contribution in [1.29, 1.82) is 0 Å². The van der Waals surface area contributed by atoms with Gasteiger partial charge in [0.05, 0.1) is 11.8 Å². The highest BCUT2D eigenvalue weighted by atomic mass is 16.5. The van der Waals surface area contributed by atoms with Crippen LogP contribution in [0.1, 0.15) is 49.4 Å². The van der Waals surface area contributed by atoms with E-state index in [0.717, 1.165) is 56.4 Å². The highest BCUT2D eigenvalue weighted by Crippen LogP contribution is 2.36. The predicted molar refractivity (Wildman–Crippen MR) is 130 cm³/mol. The summed E-state index contributed by atoms with van der Waals surface area (Å²) in [5.41, 5.74) is 4.85. The van der Waals surface area contributed by atoms with Gasteiger partial charge in [0.1, 0.15) is 18.1 Å². The number of phenols is 1. The molecule has 5 heteroatoms. The number of benzene rings is 2. The van der Waals surface area contributed by atoms with Crippen molar-refractivity contribution in [2.75, 3.05) is 13.2 Å². The van der Waals surface area contributed by atoms with Gasteiger partial charge in [0.15, 0.2) is 0 Å². The van der Waals surface area contributed by atoms with E-state index in [1.54, 1.807) is 30.3 Å². The Morgan fingerprint density at radius 3 is 2.33 bits per heavy atom. The number of phenolic OH excluding ortho intramolecular Hbond substituents is 1. The molecule has 0 amide bonds. The van der Waals surface area contributed by atoms with Crippen LogP contribution in [0.3, 0.4) is 0 Å². The number of nitrogens with zero attached hydrogens (tertiary/aromatic N) is 1. The Bertz CT molecular complexity index is 1030. The normalized spacial score (nSPS) is 16.0. The van der Waals surface area contributed by atoms with E-state index in [4.69, 9.17) is 14.5 Å². The number of rotatable bonds is 9. The van der Waals surface area contributed by atoms with Crippen molar-refractivity contribution in [2.24, 2.45) is 0 Å². The van der Waals surface area contributed by atoms with Crippen LogP contribution in [0.4, 0.5) is 0 Å². The maximum atomic E-state index is 10.9. The number of hydrogen-bond donors (Lipinski definition) is 2. The van der Waals surface area contributed by atoms with E-state index < -0.39 is 0 Å². The lowest BCUT2D eigenvalue weighted by atomic mass is 9.98. The van der Waals surface area contributed by atoms with Crippen molar-refractivity contribution < 1.29 is 19.7 Å². The standard InChI is InChI=1S/C28H33NO4/c1-2-5-20-7-9-21(10-8-20)11-16-25-28(22-12-14-23(30)15-13-22)26(31)18-27(29-25)33-19-24-6-3-4-17-32-24/h7-10,12-15,18,24,30H,2-6,11,16-17,19H2,1H3,(H,29,31). The largest absolute Gasteiger partial charge is 0.508 e. The van der Waals surface area contributed by atoms with Gasteiger partial charge in [-0.3, -0.25) is 0 Å². The quantitative estimate of drug-likeness (QED) is 0.431. The first-order valence-corrected chi connectivity index (χ1v) is 12.0. The molecular weight excluding hydrogens is 414 g/mol. The van der Waals surface area contributed by atoms with E-state index >= 15 is 0 Å². The molecule has 1 aliphatic rings. The Morgan fingerprint density at radius 2 is 1.67 bits per heavy atom. The van der Waals surface area contributed by atoms with Crippen molar-refractivity contribution in [1.82, 2.24) is 4.98 Å². The fourth-order valence-electron chi connectivity index (χ4n) is 4.30. The minimum absolute atomic E-state index is 0.0737. The van der Waals surface area contributed by atoms with E-state index in [1.807, 2.05) is 0 Å². The van der Waals surface area contributed by atoms with Crippen LogP contribution >= 0.6 is 0 Å². The Labute approximate surface area is 196 Å². The number of aromatic hydroxyl groups is 2. The zero-order chi connectivity index (χ0) is 23.0. The molecule has 0 radical (unpaired) electrons. The number of hydrogen-bond acceptors (Lipinski definition) is 5. The molecule has 0 bridgehead atoms. The van der Waals surface area contributed by atoms with Crippen LogP contribution in [0.2, 0.25) is 0 Å². The third kappa shape index (κ3) is 6.26. The van der Waals surface area contributed by atoms with Gasteiger partial charge in [0.25, 0.3) is 0 Å². The zero-order valence-electron chi connectivity index (χ0n) is 19.3. The summed E-state index contributed by atoms with van der Waals surface area (Å²) in [6, 6.07) is 17.1. The highest BCUT2D eigenvalue weighted by Gasteiger charge is 2.18. The molecule has 174 valence electrons. The second-order valence-corrected chi connectivity index (χ2v) is 8.71. The van der Waals surface area contributed by atoms with E-state index in [2.05, 4.69) is 31.2 Å². The molecule has 0 spiro atoms. The van der Waals surface area contributed by atoms with Gasteiger partial charge >= 0.3 is 0 Å². The van der Waals surface area contributed by atoms with Gasteiger partial charge in [0.2, 0.25) is 5.88 Å². The van der Waals surface area contributed by atoms with Gasteiger partial charge in [-0.05, 0) is 67.3 Å². The fourth-order valence-corrected chi connectivity index (χ4v) is 4.30. The van der Waals surface area contributed by atoms with Crippen LogP contribution in [0.5, 0.6) is 17.4 Å². The molecule has 1 unspecified atom stereocenters. The molecule has 2 heterocycles. The molecule has 1 aromatic heterocycles. The average Bonchev–Trinajstić information content (AvgIpc) is 2.84. The van der Waals surface area contributed by atoms with E-state index in [9.17, 15) is 10.2 Å². The summed E-state index contributed by atoms with van der Waals surface area (Å²) < 4.78 is 11.7. The molecule has 2 N–H and O–H groups in total. The maximum Gasteiger partial charge on any atom is 0.217 e. The van der Waals surface area contributed by atoms with Gasteiger partial charge in [-0.25, -0.2) is 4.98 Å². The molecule has 1 saturated heterocycles. The molecule has 4 rings (SSSR count). The van der Waals surface area contributed by atoms with Gasteiger partial charge in [-0.1, -0.05) is 49.7 Å². The molecule has 33 heavy (non-hydrogen) atoms. The van der Waals surface area contributed by atoms with E-state index in [1.165, 1.54) is 11.1 Å². The summed E-state index contributed by atoms with van der Waals surface area (Å²) in [6.45, 7) is 3.39. The number of aryl methyl sites for hydroxylation is 3. The third-order valence-corrected chi connectivity index (χ3v) is 6.11. The average molecular weight is 448 g/mol. The Balaban J connectivity index is 1.56. The second kappa shape index (κ2) is 11.2. The lowest BCUT2D eigenvalue weighted by Crippen LogP contribution is -2.26. The van der Waals surface area contributed by atoms with Gasteiger partial charge in [-0.15, -0.1) is 0 Å². The van der Waals surface area contributed by atoms with Crippen LogP contribution in [0.15, 0.2) is 54.6 Å². The summed E-state index contributed by atoms with van der Waals surface area (Å²) in [4.78, 5) is 4.78. The summed E-state index contributed by atoms with van der Waals surface area (Å²) in [5.74, 6) is 0.730. The van der Waals surface area contributed by atoms with Gasteiger partial charge in [0, 0.05) is 18.2 Å². The van der Waals surface area contributed by atoms with Crippen LogP contribution in [-0.4, -0.2) is 34.5 Å². The first-order valence-electron chi connectivity index (χ1n) is 12.0. The molecule has 1 fully saturated rings. The summed E-state index contributed by atoms with van der Waals surface area (Å²) in [7, 11) is 0. The summed E-state index contributed by atoms with van der Waals surface area (Å²) in [5, 5.41) is 20.6. The Kier molecular flexibility index (Phi) is 7.84. The molecule has 3 aromatic rings. The van der Waals surface area contributed by atoms with Crippen LogP contribution in [-0.2, 0) is 24.0 Å². The molecule has 2 aromatic carbocycles. The summed E-state index contributed by atoms with van der Waals surface area (Å²) >= 11 is 0. The van der Waals surface area contributed by atoms with Crippen molar-refractivity contribution in [3.05, 3.63) is 71.4 Å². The highest BCUT2D eigenvalue weighted by molar-refractivity contribution is 5.73. The fraction of sp³-hybridized carbons (Fsp3) is 0.393. The van der Waals surface area contributed by atoms with Gasteiger partial charge in [-0.2, -0.15) is 0 Å². The third-order valence-electron chi connectivity index (χ3n) is 6.11. The van der Waals surface area contributed by atoms with Crippen LogP contribution in [0.25, 0.3) is 11.1 Å². The van der Waals surface area contributed by atoms with Crippen molar-refractivity contribution in [2.45, 2.75) is 58.0 Å². The molecule has 0 aliphatic carbocycles. The Hall–Kier alpha value is -3.05. The van der Waals surface area contributed by atoms with Crippen LogP contribution in [0, 0.1) is 0 Å². The molecule has 5 nitrogen and oxygen atoms in total. The van der Waals surface area contributed by atoms with Crippen molar-refractivity contribution >= 4 is 0 Å². The molecule has 1 aliphatic heterocycles. The number of pyridine rings is 1. The SMILES string of the molecule is CCCc1ccc(CCc2nc(OCC3CCCCO3)cc(O)c2-c2ccc(O)cc2)cc1. The first-order chi connectivity index (χ1) is 16.1. The smallest absolute Gasteiger partial charge is 0.217 e. The Morgan fingerprint density at radius 1 is 0.939 bits per heavy atom. The zero-order valence-corrected chi connectivity index (χ0v) is 19.3. The monoisotopic (exact) mass is 447 g/mol. The molecule has 0 saturated carbocycles. The van der Waals surface area contributed by atoms with Crippen molar-refractivity contribution in [3.63, 3.8) is 0 Å². The van der Waals surface area contributed by atoms with Gasteiger partial charge < -0.3 is 19.7 Å². The summed E-state index contributed by atoms with van der Waals surface area (Å²) in [6.07, 6.45) is 6.99. The lowest BCUT2D eigenvalue weighted by Gasteiger charge is -2.22. The first kappa shape index (κ1) is 23.1. The lowest BCUT2D eigenvalue weighted by molar-refractivity contribution is -0.0120. The minimum atomic E-state index is 0.0737. The van der Waals surface area contributed by atoms with E-state index in [-0.39, 0.29) is 17.6 Å². The minimum Gasteiger partial charge on any atom is -0.508 e. The van der Waals surface area contributed by atoms with Crippen LogP contribution < -0.4 is 4.74 Å².